The monoisotopic (exact) mass is 330 g/mol. The molecule has 1 saturated heterocycles. The molecule has 1 fully saturated rings. The minimum Gasteiger partial charge on any atom is -0.496 e. The summed E-state index contributed by atoms with van der Waals surface area (Å²) < 4.78 is 15.9. The highest BCUT2D eigenvalue weighted by molar-refractivity contribution is 5.85. The van der Waals surface area contributed by atoms with Crippen LogP contribution in [0, 0.1) is 0 Å². The van der Waals surface area contributed by atoms with Crippen LogP contribution >= 0.6 is 12.4 Å². The number of carbonyl (C=O) groups excluding carboxylic acids is 1. The summed E-state index contributed by atoms with van der Waals surface area (Å²) in [6.07, 6.45) is 1.92. The van der Waals surface area contributed by atoms with Crippen LogP contribution in [0.3, 0.4) is 0 Å². The summed E-state index contributed by atoms with van der Waals surface area (Å²) in [5.41, 5.74) is 0.849. The number of hydrogen-bond donors (Lipinski definition) is 2. The maximum absolute atomic E-state index is 12.0. The van der Waals surface area contributed by atoms with Gasteiger partial charge in [0.1, 0.15) is 5.75 Å². The summed E-state index contributed by atoms with van der Waals surface area (Å²) >= 11 is 0. The van der Waals surface area contributed by atoms with Crippen molar-refractivity contribution in [1.29, 1.82) is 0 Å². The number of rotatable bonds is 6. The summed E-state index contributed by atoms with van der Waals surface area (Å²) in [6, 6.07) is 3.49. The Bertz CT molecular complexity index is 505. The molecular weight excluding hydrogens is 308 g/mol. The molecule has 22 heavy (non-hydrogen) atoms. The number of carbonyl (C=O) groups is 1. The largest absolute Gasteiger partial charge is 0.496 e. The lowest BCUT2D eigenvalue weighted by molar-refractivity contribution is -0.122. The van der Waals surface area contributed by atoms with Crippen molar-refractivity contribution >= 4 is 18.3 Å². The second-order valence-electron chi connectivity index (χ2n) is 4.89. The Balaban J connectivity index is 0.00000242. The molecule has 0 aliphatic carbocycles. The molecule has 124 valence electrons. The minimum absolute atomic E-state index is 0. The fourth-order valence-corrected chi connectivity index (χ4v) is 2.44. The molecule has 0 radical (unpaired) electrons. The van der Waals surface area contributed by atoms with Crippen LogP contribution in [0.25, 0.3) is 0 Å². The van der Waals surface area contributed by atoms with E-state index in [-0.39, 0.29) is 24.4 Å². The standard InChI is InChI=1S/C15H22N2O4.ClH/c1-19-12-8-14(21-3)13(20-2)7-10(12)9-17-15(18)11-5-4-6-16-11;/h7-8,11,16H,4-6,9H2,1-3H3,(H,17,18);1H/t11-;/m0./s1. The minimum atomic E-state index is -0.0869. The quantitative estimate of drug-likeness (QED) is 0.827. The number of ether oxygens (including phenoxy) is 3. The van der Waals surface area contributed by atoms with Gasteiger partial charge in [0.15, 0.2) is 11.5 Å². The van der Waals surface area contributed by atoms with Gasteiger partial charge in [-0.3, -0.25) is 4.79 Å². The van der Waals surface area contributed by atoms with E-state index in [1.165, 1.54) is 0 Å². The molecular formula is C15H23ClN2O4. The zero-order valence-corrected chi connectivity index (χ0v) is 13.9. The first-order valence-electron chi connectivity index (χ1n) is 6.99. The second-order valence-corrected chi connectivity index (χ2v) is 4.89. The third-order valence-corrected chi connectivity index (χ3v) is 3.62. The number of halogens is 1. The first-order valence-corrected chi connectivity index (χ1v) is 6.99. The van der Waals surface area contributed by atoms with Crippen LogP contribution in [-0.2, 0) is 11.3 Å². The molecule has 1 heterocycles. The van der Waals surface area contributed by atoms with Gasteiger partial charge in [0.25, 0.3) is 0 Å². The molecule has 7 heteroatoms. The van der Waals surface area contributed by atoms with Crippen molar-refractivity contribution in [2.75, 3.05) is 27.9 Å². The molecule has 0 aromatic heterocycles. The van der Waals surface area contributed by atoms with E-state index in [0.29, 0.717) is 23.8 Å². The topological polar surface area (TPSA) is 68.8 Å². The highest BCUT2D eigenvalue weighted by atomic mass is 35.5. The van der Waals surface area contributed by atoms with Gasteiger partial charge in [0, 0.05) is 18.2 Å². The Morgan fingerprint density at radius 3 is 2.36 bits per heavy atom. The molecule has 1 aliphatic heterocycles. The van der Waals surface area contributed by atoms with E-state index in [1.807, 2.05) is 6.07 Å². The first-order chi connectivity index (χ1) is 10.2. The summed E-state index contributed by atoms with van der Waals surface area (Å²) in [4.78, 5) is 12.0. The number of amides is 1. The van der Waals surface area contributed by atoms with Crippen LogP contribution in [0.1, 0.15) is 18.4 Å². The molecule has 2 N–H and O–H groups in total. The summed E-state index contributed by atoms with van der Waals surface area (Å²) in [6.45, 7) is 1.29. The molecule has 0 spiro atoms. The number of nitrogens with one attached hydrogen (secondary N) is 2. The summed E-state index contributed by atoms with van der Waals surface area (Å²) in [7, 11) is 4.74. The maximum Gasteiger partial charge on any atom is 0.237 e. The molecule has 2 rings (SSSR count). The SMILES string of the molecule is COc1cc(OC)c(OC)cc1CNC(=O)[C@@H]1CCCN1.Cl. The lowest BCUT2D eigenvalue weighted by atomic mass is 10.1. The molecule has 1 aromatic rings. The third-order valence-electron chi connectivity index (χ3n) is 3.62. The Morgan fingerprint density at radius 1 is 1.18 bits per heavy atom. The van der Waals surface area contributed by atoms with E-state index in [1.54, 1.807) is 27.4 Å². The zero-order valence-electron chi connectivity index (χ0n) is 13.1. The van der Waals surface area contributed by atoms with Gasteiger partial charge in [-0.25, -0.2) is 0 Å². The van der Waals surface area contributed by atoms with E-state index in [4.69, 9.17) is 14.2 Å². The molecule has 0 bridgehead atoms. The van der Waals surface area contributed by atoms with Crippen molar-refractivity contribution in [2.24, 2.45) is 0 Å². The van der Waals surface area contributed by atoms with Gasteiger partial charge in [-0.2, -0.15) is 0 Å². The summed E-state index contributed by atoms with van der Waals surface area (Å²) in [5.74, 6) is 1.89. The van der Waals surface area contributed by atoms with E-state index < -0.39 is 0 Å². The van der Waals surface area contributed by atoms with E-state index in [2.05, 4.69) is 10.6 Å². The van der Waals surface area contributed by atoms with Crippen molar-refractivity contribution in [1.82, 2.24) is 10.6 Å². The average molecular weight is 331 g/mol. The molecule has 0 unspecified atom stereocenters. The Kier molecular flexibility index (Phi) is 7.27. The highest BCUT2D eigenvalue weighted by Gasteiger charge is 2.22. The number of methoxy groups -OCH3 is 3. The smallest absolute Gasteiger partial charge is 0.237 e. The first kappa shape index (κ1) is 18.4. The van der Waals surface area contributed by atoms with Gasteiger partial charge < -0.3 is 24.8 Å². The molecule has 1 amide bonds. The normalized spacial score (nSPS) is 16.6. The van der Waals surface area contributed by atoms with E-state index >= 15 is 0 Å². The zero-order chi connectivity index (χ0) is 15.2. The van der Waals surface area contributed by atoms with Crippen molar-refractivity contribution in [3.05, 3.63) is 17.7 Å². The van der Waals surface area contributed by atoms with Gasteiger partial charge in [0.2, 0.25) is 5.91 Å². The van der Waals surface area contributed by atoms with Crippen LogP contribution in [-0.4, -0.2) is 39.8 Å². The van der Waals surface area contributed by atoms with Crippen LogP contribution in [0.2, 0.25) is 0 Å². The van der Waals surface area contributed by atoms with Crippen LogP contribution in [0.5, 0.6) is 17.2 Å². The van der Waals surface area contributed by atoms with E-state index in [9.17, 15) is 4.79 Å². The molecule has 0 saturated carbocycles. The molecule has 1 aliphatic rings. The maximum atomic E-state index is 12.0. The molecule has 6 nitrogen and oxygen atoms in total. The van der Waals surface area contributed by atoms with Gasteiger partial charge in [-0.05, 0) is 25.5 Å². The Labute approximate surface area is 136 Å². The third kappa shape index (κ3) is 4.18. The van der Waals surface area contributed by atoms with Crippen molar-refractivity contribution in [2.45, 2.75) is 25.4 Å². The van der Waals surface area contributed by atoms with Crippen molar-refractivity contribution in [3.63, 3.8) is 0 Å². The predicted octanol–water partition coefficient (Wildman–Crippen LogP) is 1.50. The fourth-order valence-electron chi connectivity index (χ4n) is 2.44. The molecule has 1 aromatic carbocycles. The second kappa shape index (κ2) is 8.70. The Morgan fingerprint density at radius 2 is 1.82 bits per heavy atom. The van der Waals surface area contributed by atoms with Gasteiger partial charge in [0.05, 0.1) is 27.4 Å². The lowest BCUT2D eigenvalue weighted by Crippen LogP contribution is -2.40. The lowest BCUT2D eigenvalue weighted by Gasteiger charge is -2.16. The van der Waals surface area contributed by atoms with Gasteiger partial charge in [-0.1, -0.05) is 0 Å². The van der Waals surface area contributed by atoms with Gasteiger partial charge in [-0.15, -0.1) is 12.4 Å². The van der Waals surface area contributed by atoms with Crippen molar-refractivity contribution < 1.29 is 19.0 Å². The van der Waals surface area contributed by atoms with Crippen LogP contribution < -0.4 is 24.8 Å². The number of hydrogen-bond acceptors (Lipinski definition) is 5. The Hall–Kier alpha value is -1.66. The summed E-state index contributed by atoms with van der Waals surface area (Å²) in [5, 5.41) is 6.10. The fraction of sp³-hybridized carbons (Fsp3) is 0.533. The molecule has 1 atom stereocenters. The number of benzene rings is 1. The van der Waals surface area contributed by atoms with Crippen LogP contribution in [0.4, 0.5) is 0 Å². The van der Waals surface area contributed by atoms with Crippen molar-refractivity contribution in [3.8, 4) is 17.2 Å². The highest BCUT2D eigenvalue weighted by Crippen LogP contribution is 2.34. The van der Waals surface area contributed by atoms with E-state index in [0.717, 1.165) is 24.9 Å². The predicted molar refractivity (Wildman–Crippen MR) is 86.2 cm³/mol. The van der Waals surface area contributed by atoms with Crippen LogP contribution in [0.15, 0.2) is 12.1 Å². The van der Waals surface area contributed by atoms with Gasteiger partial charge >= 0.3 is 0 Å². The average Bonchev–Trinajstić information content (AvgIpc) is 3.06.